The summed E-state index contributed by atoms with van der Waals surface area (Å²) in [7, 11) is 1.56. The van der Waals surface area contributed by atoms with Crippen molar-refractivity contribution in [2.75, 3.05) is 20.3 Å². The molecule has 0 radical (unpaired) electrons. The van der Waals surface area contributed by atoms with Crippen molar-refractivity contribution in [3.05, 3.63) is 48.0 Å². The Morgan fingerprint density at radius 3 is 2.36 bits per heavy atom. The van der Waals surface area contributed by atoms with Crippen molar-refractivity contribution in [1.29, 1.82) is 0 Å². The number of carboxylic acids is 1. The first kappa shape index (κ1) is 15.5. The van der Waals surface area contributed by atoms with Crippen LogP contribution in [0.2, 0.25) is 0 Å². The molecule has 0 heterocycles. The molecule has 0 aliphatic carbocycles. The maximum Gasteiger partial charge on any atom is 0.339 e. The van der Waals surface area contributed by atoms with Crippen LogP contribution in [0, 0.1) is 0 Å². The van der Waals surface area contributed by atoms with Crippen LogP contribution in [0.25, 0.3) is 0 Å². The lowest BCUT2D eigenvalue weighted by Crippen LogP contribution is -2.09. The summed E-state index contributed by atoms with van der Waals surface area (Å²) in [4.78, 5) is 10.8. The molecule has 6 heteroatoms. The highest BCUT2D eigenvalue weighted by molar-refractivity contribution is 5.90. The topological polar surface area (TPSA) is 85.2 Å². The van der Waals surface area contributed by atoms with Gasteiger partial charge in [-0.1, -0.05) is 12.1 Å². The molecule has 0 amide bonds. The first-order valence-electron chi connectivity index (χ1n) is 6.56. The number of methoxy groups -OCH3 is 1. The molecule has 116 valence electrons. The van der Waals surface area contributed by atoms with E-state index in [0.717, 1.165) is 0 Å². The van der Waals surface area contributed by atoms with Crippen molar-refractivity contribution >= 4 is 5.97 Å². The average molecular weight is 304 g/mol. The zero-order valence-corrected chi connectivity index (χ0v) is 12.0. The standard InChI is InChI=1S/C16H16O6/c1-20-14-4-2-3-5-15(14)22-9-8-21-11-6-7-12(16(18)19)13(17)10-11/h2-7,10,17H,8-9H2,1H3,(H,18,19). The molecule has 22 heavy (non-hydrogen) atoms. The van der Waals surface area contributed by atoms with Gasteiger partial charge in [-0.05, 0) is 24.3 Å². The fraction of sp³-hybridized carbons (Fsp3) is 0.188. The zero-order valence-electron chi connectivity index (χ0n) is 12.0. The van der Waals surface area contributed by atoms with Crippen molar-refractivity contribution in [1.82, 2.24) is 0 Å². The van der Waals surface area contributed by atoms with E-state index in [1.165, 1.54) is 18.2 Å². The van der Waals surface area contributed by atoms with Gasteiger partial charge in [0.15, 0.2) is 11.5 Å². The minimum Gasteiger partial charge on any atom is -0.507 e. The van der Waals surface area contributed by atoms with Crippen molar-refractivity contribution in [3.8, 4) is 23.0 Å². The van der Waals surface area contributed by atoms with Crippen LogP contribution >= 0.6 is 0 Å². The summed E-state index contributed by atoms with van der Waals surface area (Å²) in [5.41, 5.74) is -0.169. The fourth-order valence-corrected chi connectivity index (χ4v) is 1.83. The molecule has 0 atom stereocenters. The number of ether oxygens (including phenoxy) is 3. The molecule has 6 nitrogen and oxygen atoms in total. The molecule has 0 unspecified atom stereocenters. The maximum absolute atomic E-state index is 10.8. The summed E-state index contributed by atoms with van der Waals surface area (Å²) in [5.74, 6) is 0.0777. The molecular weight excluding hydrogens is 288 g/mol. The van der Waals surface area contributed by atoms with E-state index < -0.39 is 5.97 Å². The first-order valence-corrected chi connectivity index (χ1v) is 6.56. The van der Waals surface area contributed by atoms with E-state index in [4.69, 9.17) is 19.3 Å². The SMILES string of the molecule is COc1ccccc1OCCOc1ccc(C(=O)O)c(O)c1. The summed E-state index contributed by atoms with van der Waals surface area (Å²) < 4.78 is 16.1. The Hall–Kier alpha value is -2.89. The fourth-order valence-electron chi connectivity index (χ4n) is 1.83. The molecule has 0 saturated heterocycles. The van der Waals surface area contributed by atoms with Crippen molar-refractivity contribution in [3.63, 3.8) is 0 Å². The second kappa shape index (κ2) is 7.21. The van der Waals surface area contributed by atoms with Crippen LogP contribution in [0.15, 0.2) is 42.5 Å². The Labute approximate surface area is 127 Å². The van der Waals surface area contributed by atoms with Crippen LogP contribution in [0.5, 0.6) is 23.0 Å². The molecule has 2 N–H and O–H groups in total. The Bertz CT molecular complexity index is 653. The minimum absolute atomic E-state index is 0.169. The Balaban J connectivity index is 1.86. The Morgan fingerprint density at radius 1 is 1.05 bits per heavy atom. The molecular formula is C16H16O6. The van der Waals surface area contributed by atoms with Crippen LogP contribution in [-0.4, -0.2) is 36.5 Å². The van der Waals surface area contributed by atoms with Crippen LogP contribution in [0.1, 0.15) is 10.4 Å². The third kappa shape index (κ3) is 3.82. The molecule has 0 aliphatic rings. The molecule has 0 saturated carbocycles. The third-order valence-corrected chi connectivity index (χ3v) is 2.88. The van der Waals surface area contributed by atoms with Gasteiger partial charge in [-0.15, -0.1) is 0 Å². The highest BCUT2D eigenvalue weighted by Gasteiger charge is 2.10. The van der Waals surface area contributed by atoms with Gasteiger partial charge >= 0.3 is 5.97 Å². The van der Waals surface area contributed by atoms with Gasteiger partial charge in [-0.25, -0.2) is 4.79 Å². The number of aromatic hydroxyl groups is 1. The molecule has 0 aromatic heterocycles. The van der Waals surface area contributed by atoms with Gasteiger partial charge in [0.1, 0.15) is 30.3 Å². The van der Waals surface area contributed by atoms with Crippen LogP contribution in [0.4, 0.5) is 0 Å². The molecule has 0 spiro atoms. The first-order chi connectivity index (χ1) is 10.6. The van der Waals surface area contributed by atoms with Gasteiger partial charge in [-0.2, -0.15) is 0 Å². The van der Waals surface area contributed by atoms with E-state index in [1.54, 1.807) is 19.2 Å². The van der Waals surface area contributed by atoms with Gasteiger partial charge in [0, 0.05) is 6.07 Å². The number of aromatic carboxylic acids is 1. The number of rotatable bonds is 7. The monoisotopic (exact) mass is 304 g/mol. The van der Waals surface area contributed by atoms with E-state index in [2.05, 4.69) is 0 Å². The highest BCUT2D eigenvalue weighted by atomic mass is 16.5. The second-order valence-electron chi connectivity index (χ2n) is 4.33. The van der Waals surface area contributed by atoms with Gasteiger partial charge < -0.3 is 24.4 Å². The zero-order chi connectivity index (χ0) is 15.9. The smallest absolute Gasteiger partial charge is 0.339 e. The van der Waals surface area contributed by atoms with E-state index in [0.29, 0.717) is 17.2 Å². The predicted octanol–water partition coefficient (Wildman–Crippen LogP) is 2.56. The largest absolute Gasteiger partial charge is 0.507 e. The van der Waals surface area contributed by atoms with Crippen molar-refractivity contribution in [2.24, 2.45) is 0 Å². The lowest BCUT2D eigenvalue weighted by Gasteiger charge is -2.11. The van der Waals surface area contributed by atoms with Gasteiger partial charge in [-0.3, -0.25) is 0 Å². The molecule has 0 bridgehead atoms. The number of hydrogen-bond acceptors (Lipinski definition) is 5. The van der Waals surface area contributed by atoms with Crippen LogP contribution in [0.3, 0.4) is 0 Å². The number of carboxylic acid groups (broad SMARTS) is 1. The molecule has 2 rings (SSSR count). The normalized spacial score (nSPS) is 10.0. The summed E-state index contributed by atoms with van der Waals surface area (Å²) >= 11 is 0. The maximum atomic E-state index is 10.8. The molecule has 2 aromatic rings. The molecule has 0 aliphatic heterocycles. The number of para-hydroxylation sites is 2. The molecule has 2 aromatic carbocycles. The Kier molecular flexibility index (Phi) is 5.08. The lowest BCUT2D eigenvalue weighted by atomic mass is 10.2. The van der Waals surface area contributed by atoms with Crippen molar-refractivity contribution in [2.45, 2.75) is 0 Å². The van der Waals surface area contributed by atoms with Crippen molar-refractivity contribution < 1.29 is 29.2 Å². The van der Waals surface area contributed by atoms with E-state index in [-0.39, 0.29) is 24.5 Å². The van der Waals surface area contributed by atoms with Gasteiger partial charge in [0.2, 0.25) is 0 Å². The number of benzene rings is 2. The average Bonchev–Trinajstić information content (AvgIpc) is 2.51. The summed E-state index contributed by atoms with van der Waals surface area (Å²) in [6.07, 6.45) is 0. The predicted molar refractivity (Wildman–Crippen MR) is 79.1 cm³/mol. The number of hydrogen-bond donors (Lipinski definition) is 2. The quantitative estimate of drug-likeness (QED) is 0.765. The lowest BCUT2D eigenvalue weighted by molar-refractivity contribution is 0.0693. The van der Waals surface area contributed by atoms with E-state index in [1.807, 2.05) is 12.1 Å². The minimum atomic E-state index is -1.19. The number of carbonyl (C=O) groups is 1. The summed E-state index contributed by atoms with van der Waals surface area (Å²) in [5, 5.41) is 18.4. The van der Waals surface area contributed by atoms with Gasteiger partial charge in [0.25, 0.3) is 0 Å². The van der Waals surface area contributed by atoms with E-state index in [9.17, 15) is 9.90 Å². The summed E-state index contributed by atoms with van der Waals surface area (Å²) in [6, 6.07) is 11.3. The number of phenols is 1. The van der Waals surface area contributed by atoms with Gasteiger partial charge in [0.05, 0.1) is 7.11 Å². The van der Waals surface area contributed by atoms with E-state index >= 15 is 0 Å². The molecule has 0 fully saturated rings. The summed E-state index contributed by atoms with van der Waals surface area (Å²) in [6.45, 7) is 0.520. The highest BCUT2D eigenvalue weighted by Crippen LogP contribution is 2.26. The second-order valence-corrected chi connectivity index (χ2v) is 4.33. The van der Waals surface area contributed by atoms with Crippen LogP contribution < -0.4 is 14.2 Å². The Morgan fingerprint density at radius 2 is 1.73 bits per heavy atom. The third-order valence-electron chi connectivity index (χ3n) is 2.88. The van der Waals surface area contributed by atoms with Crippen LogP contribution in [-0.2, 0) is 0 Å².